The van der Waals surface area contributed by atoms with Gasteiger partial charge in [-0.25, -0.2) is 4.79 Å². The lowest BCUT2D eigenvalue weighted by Gasteiger charge is -2.08. The number of hydrogen-bond acceptors (Lipinski definition) is 3. The van der Waals surface area contributed by atoms with Gasteiger partial charge in [-0.2, -0.15) is 0 Å². The van der Waals surface area contributed by atoms with Crippen LogP contribution in [0, 0.1) is 0 Å². The molecule has 2 rings (SSSR count). The Kier molecular flexibility index (Phi) is 5.78. The smallest absolute Gasteiger partial charge is 0.331 e. The van der Waals surface area contributed by atoms with Gasteiger partial charge >= 0.3 is 5.97 Å². The molecule has 3 heteroatoms. The van der Waals surface area contributed by atoms with E-state index in [1.807, 2.05) is 61.5 Å². The van der Waals surface area contributed by atoms with E-state index in [4.69, 9.17) is 9.47 Å². The van der Waals surface area contributed by atoms with E-state index >= 15 is 0 Å². The van der Waals surface area contributed by atoms with Crippen LogP contribution in [0.4, 0.5) is 0 Å². The molecule has 2 aromatic rings. The van der Waals surface area contributed by atoms with Crippen LogP contribution in [0.25, 0.3) is 5.57 Å². The number of carbonyl (C=O) groups is 1. The van der Waals surface area contributed by atoms with E-state index in [9.17, 15) is 4.79 Å². The maximum Gasteiger partial charge on any atom is 0.331 e. The first kappa shape index (κ1) is 15.8. The molecule has 114 valence electrons. The summed E-state index contributed by atoms with van der Waals surface area (Å²) in [5.74, 6) is 0.452. The molecule has 0 radical (unpaired) electrons. The molecule has 0 aliphatic rings. The van der Waals surface area contributed by atoms with E-state index in [0.29, 0.717) is 13.2 Å². The van der Waals surface area contributed by atoms with E-state index in [0.717, 1.165) is 22.4 Å². The summed E-state index contributed by atoms with van der Waals surface area (Å²) < 4.78 is 10.7. The second kappa shape index (κ2) is 8.03. The van der Waals surface area contributed by atoms with Crippen molar-refractivity contribution in [1.29, 1.82) is 0 Å². The number of ether oxygens (including phenoxy) is 2. The zero-order valence-electron chi connectivity index (χ0n) is 12.9. The van der Waals surface area contributed by atoms with Crippen LogP contribution in [-0.4, -0.2) is 12.6 Å². The van der Waals surface area contributed by atoms with Crippen LogP contribution < -0.4 is 4.74 Å². The highest BCUT2D eigenvalue weighted by Gasteiger charge is 2.03. The highest BCUT2D eigenvalue weighted by atomic mass is 16.5. The predicted molar refractivity (Wildman–Crippen MR) is 87.5 cm³/mol. The lowest BCUT2D eigenvalue weighted by molar-refractivity contribution is -0.137. The number of hydrogen-bond donors (Lipinski definition) is 0. The summed E-state index contributed by atoms with van der Waals surface area (Å²) in [6.07, 6.45) is 1.50. The van der Waals surface area contributed by atoms with E-state index in [-0.39, 0.29) is 5.97 Å². The Morgan fingerprint density at radius 1 is 1.09 bits per heavy atom. The summed E-state index contributed by atoms with van der Waals surface area (Å²) in [7, 11) is 0. The van der Waals surface area contributed by atoms with Crippen molar-refractivity contribution in [3.8, 4) is 5.75 Å². The molecule has 0 unspecified atom stereocenters. The van der Waals surface area contributed by atoms with Gasteiger partial charge in [0.15, 0.2) is 0 Å². The van der Waals surface area contributed by atoms with Crippen LogP contribution in [0.3, 0.4) is 0 Å². The summed E-state index contributed by atoms with van der Waals surface area (Å²) in [5, 5.41) is 0. The molecule has 0 heterocycles. The fourth-order valence-corrected chi connectivity index (χ4v) is 2.02. The quantitative estimate of drug-likeness (QED) is 0.591. The molecule has 0 amide bonds. The molecule has 0 aromatic heterocycles. The van der Waals surface area contributed by atoms with Crippen molar-refractivity contribution < 1.29 is 14.3 Å². The van der Waals surface area contributed by atoms with E-state index in [2.05, 4.69) is 0 Å². The van der Waals surface area contributed by atoms with Crippen LogP contribution in [0.15, 0.2) is 60.7 Å². The third kappa shape index (κ3) is 4.77. The van der Waals surface area contributed by atoms with Crippen molar-refractivity contribution in [2.75, 3.05) is 6.61 Å². The molecule has 0 bridgehead atoms. The lowest BCUT2D eigenvalue weighted by atomic mass is 10.1. The molecule has 2 aromatic carbocycles. The minimum absolute atomic E-state index is 0.324. The average molecular weight is 296 g/mol. The Hall–Kier alpha value is -2.55. The molecular formula is C19H20O3. The third-order valence-electron chi connectivity index (χ3n) is 3.16. The summed E-state index contributed by atoms with van der Waals surface area (Å²) in [5.41, 5.74) is 2.91. The van der Waals surface area contributed by atoms with Crippen molar-refractivity contribution in [1.82, 2.24) is 0 Å². The Bertz CT molecular complexity index is 645. The van der Waals surface area contributed by atoms with Gasteiger partial charge in [-0.1, -0.05) is 42.5 Å². The number of rotatable bonds is 6. The van der Waals surface area contributed by atoms with Gasteiger partial charge in [0, 0.05) is 6.08 Å². The highest BCUT2D eigenvalue weighted by Crippen LogP contribution is 2.21. The van der Waals surface area contributed by atoms with Gasteiger partial charge in [0.2, 0.25) is 0 Å². The van der Waals surface area contributed by atoms with Crippen molar-refractivity contribution in [3.63, 3.8) is 0 Å². The first-order chi connectivity index (χ1) is 10.7. The van der Waals surface area contributed by atoms with Gasteiger partial charge in [0.1, 0.15) is 12.4 Å². The average Bonchev–Trinajstić information content (AvgIpc) is 2.54. The van der Waals surface area contributed by atoms with Crippen molar-refractivity contribution >= 4 is 11.5 Å². The van der Waals surface area contributed by atoms with Gasteiger partial charge in [-0.15, -0.1) is 0 Å². The summed E-state index contributed by atoms with van der Waals surface area (Å²) in [6.45, 7) is 4.57. The van der Waals surface area contributed by atoms with E-state index in [1.165, 1.54) is 6.08 Å². The number of allylic oxidation sites excluding steroid dienone is 1. The normalized spacial score (nSPS) is 11.1. The summed E-state index contributed by atoms with van der Waals surface area (Å²) in [4.78, 5) is 11.5. The van der Waals surface area contributed by atoms with Crippen LogP contribution in [-0.2, 0) is 16.1 Å². The lowest BCUT2D eigenvalue weighted by Crippen LogP contribution is -2.00. The minimum Gasteiger partial charge on any atom is -0.489 e. The second-order valence-corrected chi connectivity index (χ2v) is 4.88. The SMILES string of the molecule is CCOC(=O)/C=C(\C)c1cccc(OCc2ccccc2)c1. The van der Waals surface area contributed by atoms with Gasteiger partial charge in [0.05, 0.1) is 6.61 Å². The number of carbonyl (C=O) groups excluding carboxylic acids is 1. The van der Waals surface area contributed by atoms with E-state index in [1.54, 1.807) is 6.92 Å². The van der Waals surface area contributed by atoms with Crippen LogP contribution >= 0.6 is 0 Å². The minimum atomic E-state index is -0.324. The molecule has 3 nitrogen and oxygen atoms in total. The van der Waals surface area contributed by atoms with Crippen LogP contribution in [0.1, 0.15) is 25.0 Å². The number of benzene rings is 2. The monoisotopic (exact) mass is 296 g/mol. The predicted octanol–water partition coefficient (Wildman–Crippen LogP) is 4.23. The molecular weight excluding hydrogens is 276 g/mol. The Labute approximate surface area is 131 Å². The molecule has 0 saturated heterocycles. The first-order valence-electron chi connectivity index (χ1n) is 7.31. The van der Waals surface area contributed by atoms with Crippen molar-refractivity contribution in [3.05, 3.63) is 71.8 Å². The fraction of sp³-hybridized carbons (Fsp3) is 0.211. The topological polar surface area (TPSA) is 35.5 Å². The number of esters is 1. The standard InChI is InChI=1S/C19H20O3/c1-3-21-19(20)12-15(2)17-10-7-11-18(13-17)22-14-16-8-5-4-6-9-16/h4-13H,3,14H2,1-2H3/b15-12+. The van der Waals surface area contributed by atoms with Crippen LogP contribution in [0.5, 0.6) is 5.75 Å². The molecule has 0 N–H and O–H groups in total. The molecule has 22 heavy (non-hydrogen) atoms. The van der Waals surface area contributed by atoms with Gasteiger partial charge < -0.3 is 9.47 Å². The van der Waals surface area contributed by atoms with Gasteiger partial charge in [-0.3, -0.25) is 0 Å². The molecule has 0 saturated carbocycles. The fourth-order valence-electron chi connectivity index (χ4n) is 2.02. The highest BCUT2D eigenvalue weighted by molar-refractivity contribution is 5.90. The van der Waals surface area contributed by atoms with Crippen molar-refractivity contribution in [2.24, 2.45) is 0 Å². The molecule has 0 spiro atoms. The molecule has 0 fully saturated rings. The maximum absolute atomic E-state index is 11.5. The van der Waals surface area contributed by atoms with Gasteiger partial charge in [0.25, 0.3) is 0 Å². The summed E-state index contributed by atoms with van der Waals surface area (Å²) in [6, 6.07) is 17.7. The van der Waals surface area contributed by atoms with E-state index < -0.39 is 0 Å². The Morgan fingerprint density at radius 2 is 1.86 bits per heavy atom. The summed E-state index contributed by atoms with van der Waals surface area (Å²) >= 11 is 0. The maximum atomic E-state index is 11.5. The molecule has 0 aliphatic heterocycles. The van der Waals surface area contributed by atoms with Gasteiger partial charge in [-0.05, 0) is 42.7 Å². The molecule has 0 aliphatic carbocycles. The zero-order chi connectivity index (χ0) is 15.8. The van der Waals surface area contributed by atoms with Crippen molar-refractivity contribution in [2.45, 2.75) is 20.5 Å². The second-order valence-electron chi connectivity index (χ2n) is 4.88. The largest absolute Gasteiger partial charge is 0.489 e. The Balaban J connectivity index is 2.05. The Morgan fingerprint density at radius 3 is 2.59 bits per heavy atom. The first-order valence-corrected chi connectivity index (χ1v) is 7.31. The zero-order valence-corrected chi connectivity index (χ0v) is 12.9. The molecule has 0 atom stereocenters. The van der Waals surface area contributed by atoms with Crippen LogP contribution in [0.2, 0.25) is 0 Å². The third-order valence-corrected chi connectivity index (χ3v) is 3.16.